The molecule has 0 bridgehead atoms. The number of nitrogens with one attached hydrogen (secondary N) is 2. The molecule has 1 saturated heterocycles. The van der Waals surface area contributed by atoms with Crippen LogP contribution in [0.5, 0.6) is 0 Å². The molecule has 1 aromatic heterocycles. The number of aromatic nitrogens is 1. The fourth-order valence-corrected chi connectivity index (χ4v) is 4.57. The lowest BCUT2D eigenvalue weighted by atomic mass is 9.78. The number of guanidine groups is 1. The van der Waals surface area contributed by atoms with Crippen LogP contribution in [0.1, 0.15) is 58.4 Å². The molecule has 2 aliphatic rings. The lowest BCUT2D eigenvalue weighted by Gasteiger charge is -2.33. The third-order valence-corrected chi connectivity index (χ3v) is 6.61. The Labute approximate surface area is 199 Å². The van der Waals surface area contributed by atoms with Gasteiger partial charge in [0.25, 0.3) is 0 Å². The summed E-state index contributed by atoms with van der Waals surface area (Å²) in [6.45, 7) is 10.1. The number of ether oxygens (including phenoxy) is 1. The minimum atomic E-state index is 0. The van der Waals surface area contributed by atoms with Crippen LogP contribution in [-0.2, 0) is 11.3 Å². The van der Waals surface area contributed by atoms with Gasteiger partial charge in [0.05, 0.1) is 12.7 Å². The maximum absolute atomic E-state index is 5.65. The van der Waals surface area contributed by atoms with Crippen molar-refractivity contribution in [2.75, 3.05) is 31.6 Å². The number of nitrogens with zero attached hydrogens (tertiary/aromatic N) is 3. The molecule has 0 aromatic carbocycles. The molecule has 2 fully saturated rings. The van der Waals surface area contributed by atoms with Crippen molar-refractivity contribution in [3.8, 4) is 0 Å². The fourth-order valence-electron chi connectivity index (χ4n) is 4.57. The second-order valence-corrected chi connectivity index (χ2v) is 8.77. The zero-order chi connectivity index (χ0) is 20.6. The van der Waals surface area contributed by atoms with E-state index in [0.717, 1.165) is 43.9 Å². The monoisotopic (exact) mass is 529 g/mol. The summed E-state index contributed by atoms with van der Waals surface area (Å²) < 4.78 is 5.65. The van der Waals surface area contributed by atoms with Crippen molar-refractivity contribution >= 4 is 35.8 Å². The Morgan fingerprint density at radius 3 is 2.77 bits per heavy atom. The second-order valence-electron chi connectivity index (χ2n) is 8.77. The van der Waals surface area contributed by atoms with Crippen LogP contribution in [-0.4, -0.2) is 49.8 Å². The van der Waals surface area contributed by atoms with Gasteiger partial charge in [-0.25, -0.2) is 4.98 Å². The van der Waals surface area contributed by atoms with Gasteiger partial charge in [0.15, 0.2) is 5.96 Å². The molecule has 7 heteroatoms. The van der Waals surface area contributed by atoms with Gasteiger partial charge in [0.2, 0.25) is 0 Å². The molecule has 1 aliphatic heterocycles. The summed E-state index contributed by atoms with van der Waals surface area (Å²) in [5.74, 6) is 3.40. The predicted octanol–water partition coefficient (Wildman–Crippen LogP) is 4.19. The summed E-state index contributed by atoms with van der Waals surface area (Å²) in [6, 6.07) is 4.65. The standard InChI is InChI=1S/C23H39N5O.HI/c1-17-16-28(12-13-29-17)22-14-20(10-11-25-22)15-26-23(24-4)27-19(3)18(2)21-8-6-5-7-9-21;/h10-11,14,17-19,21H,5-9,12-13,15-16H2,1-4H3,(H2,24,26,27);1H. The lowest BCUT2D eigenvalue weighted by Crippen LogP contribution is -2.46. The van der Waals surface area contributed by atoms with Crippen molar-refractivity contribution in [1.29, 1.82) is 0 Å². The predicted molar refractivity (Wildman–Crippen MR) is 136 cm³/mol. The fraction of sp³-hybridized carbons (Fsp3) is 0.739. The molecular formula is C23H40IN5O. The number of aliphatic imine (C=N–C) groups is 1. The van der Waals surface area contributed by atoms with E-state index in [2.05, 4.69) is 58.4 Å². The van der Waals surface area contributed by atoms with E-state index in [1.54, 1.807) is 0 Å². The van der Waals surface area contributed by atoms with Gasteiger partial charge >= 0.3 is 0 Å². The summed E-state index contributed by atoms with van der Waals surface area (Å²) in [7, 11) is 1.85. The van der Waals surface area contributed by atoms with E-state index in [1.807, 2.05) is 13.2 Å². The first-order valence-corrected chi connectivity index (χ1v) is 11.4. The maximum Gasteiger partial charge on any atom is 0.191 e. The number of pyridine rings is 1. The molecule has 3 atom stereocenters. The number of hydrogen-bond acceptors (Lipinski definition) is 4. The molecule has 2 heterocycles. The van der Waals surface area contributed by atoms with Crippen LogP contribution < -0.4 is 15.5 Å². The van der Waals surface area contributed by atoms with E-state index >= 15 is 0 Å². The van der Waals surface area contributed by atoms with Gasteiger partial charge in [-0.15, -0.1) is 24.0 Å². The van der Waals surface area contributed by atoms with Gasteiger partial charge in [0, 0.05) is 38.9 Å². The first kappa shape index (κ1) is 25.2. The zero-order valence-electron chi connectivity index (χ0n) is 19.1. The highest BCUT2D eigenvalue weighted by atomic mass is 127. The van der Waals surface area contributed by atoms with Crippen molar-refractivity contribution in [2.45, 2.75) is 71.6 Å². The third kappa shape index (κ3) is 7.25. The van der Waals surface area contributed by atoms with Crippen LogP contribution in [0.2, 0.25) is 0 Å². The largest absolute Gasteiger partial charge is 0.375 e. The lowest BCUT2D eigenvalue weighted by molar-refractivity contribution is 0.0529. The first-order chi connectivity index (χ1) is 14.1. The zero-order valence-corrected chi connectivity index (χ0v) is 21.4. The number of halogens is 1. The molecule has 1 aromatic rings. The molecule has 0 spiro atoms. The van der Waals surface area contributed by atoms with Crippen molar-refractivity contribution in [1.82, 2.24) is 15.6 Å². The van der Waals surface area contributed by atoms with Crippen LogP contribution in [0.25, 0.3) is 0 Å². The summed E-state index contributed by atoms with van der Waals surface area (Å²) >= 11 is 0. The van der Waals surface area contributed by atoms with Crippen molar-refractivity contribution in [3.63, 3.8) is 0 Å². The van der Waals surface area contributed by atoms with Crippen molar-refractivity contribution < 1.29 is 4.74 Å². The second kappa shape index (κ2) is 12.7. The van der Waals surface area contributed by atoms with Crippen LogP contribution >= 0.6 is 24.0 Å². The topological polar surface area (TPSA) is 61.8 Å². The number of rotatable bonds is 6. The first-order valence-electron chi connectivity index (χ1n) is 11.4. The van der Waals surface area contributed by atoms with Gasteiger partial charge in [-0.1, -0.05) is 39.0 Å². The van der Waals surface area contributed by atoms with Crippen molar-refractivity contribution in [3.05, 3.63) is 23.9 Å². The summed E-state index contributed by atoms with van der Waals surface area (Å²) in [4.78, 5) is 11.3. The van der Waals surface area contributed by atoms with Gasteiger partial charge < -0.3 is 20.3 Å². The van der Waals surface area contributed by atoms with Crippen LogP contribution in [0.4, 0.5) is 5.82 Å². The Morgan fingerprint density at radius 2 is 2.07 bits per heavy atom. The number of morpholine rings is 1. The number of anilines is 1. The molecule has 3 unspecified atom stereocenters. The highest BCUT2D eigenvalue weighted by Crippen LogP contribution is 2.31. The van der Waals surface area contributed by atoms with Gasteiger partial charge in [-0.3, -0.25) is 4.99 Å². The molecule has 6 nitrogen and oxygen atoms in total. The Balaban J connectivity index is 0.00000320. The molecule has 1 aliphatic carbocycles. The Hall–Kier alpha value is -1.09. The molecule has 30 heavy (non-hydrogen) atoms. The Bertz CT molecular complexity index is 665. The minimum Gasteiger partial charge on any atom is -0.375 e. The van der Waals surface area contributed by atoms with Crippen LogP contribution in [0, 0.1) is 11.8 Å². The van der Waals surface area contributed by atoms with E-state index in [1.165, 1.54) is 37.7 Å². The molecule has 3 rings (SSSR count). The van der Waals surface area contributed by atoms with E-state index in [-0.39, 0.29) is 30.1 Å². The van der Waals surface area contributed by atoms with Gasteiger partial charge in [-0.05, 0) is 43.4 Å². The molecule has 0 amide bonds. The highest BCUT2D eigenvalue weighted by Gasteiger charge is 2.25. The molecular weight excluding hydrogens is 489 g/mol. The summed E-state index contributed by atoms with van der Waals surface area (Å²) in [5.41, 5.74) is 1.21. The van der Waals surface area contributed by atoms with Crippen molar-refractivity contribution in [2.24, 2.45) is 16.8 Å². The highest BCUT2D eigenvalue weighted by molar-refractivity contribution is 14.0. The van der Waals surface area contributed by atoms with Crippen LogP contribution in [0.3, 0.4) is 0 Å². The van der Waals surface area contributed by atoms with E-state index < -0.39 is 0 Å². The van der Waals surface area contributed by atoms with Gasteiger partial charge in [0.1, 0.15) is 5.82 Å². The maximum atomic E-state index is 5.65. The van der Waals surface area contributed by atoms with Crippen LogP contribution in [0.15, 0.2) is 23.3 Å². The molecule has 170 valence electrons. The average molecular weight is 530 g/mol. The summed E-state index contributed by atoms with van der Waals surface area (Å²) in [5, 5.41) is 7.10. The molecule has 1 saturated carbocycles. The molecule has 0 radical (unpaired) electrons. The van der Waals surface area contributed by atoms with E-state index in [9.17, 15) is 0 Å². The SMILES string of the molecule is CN=C(NCc1ccnc(N2CCOC(C)C2)c1)NC(C)C(C)C1CCCCC1.I. The Kier molecular flexibility index (Phi) is 10.6. The summed E-state index contributed by atoms with van der Waals surface area (Å²) in [6.07, 6.45) is 9.09. The smallest absolute Gasteiger partial charge is 0.191 e. The number of hydrogen-bond donors (Lipinski definition) is 2. The quantitative estimate of drug-likeness (QED) is 0.329. The molecule has 2 N–H and O–H groups in total. The normalized spacial score (nSPS) is 22.7. The third-order valence-electron chi connectivity index (χ3n) is 6.61. The average Bonchev–Trinajstić information content (AvgIpc) is 2.76. The van der Waals surface area contributed by atoms with E-state index in [0.29, 0.717) is 12.0 Å². The Morgan fingerprint density at radius 1 is 1.30 bits per heavy atom. The minimum absolute atomic E-state index is 0. The van der Waals surface area contributed by atoms with E-state index in [4.69, 9.17) is 4.74 Å². The van der Waals surface area contributed by atoms with Gasteiger partial charge in [-0.2, -0.15) is 0 Å².